The number of hydrogen-bond donors (Lipinski definition) is 2. The fourth-order valence-corrected chi connectivity index (χ4v) is 2.97. The first-order valence-corrected chi connectivity index (χ1v) is 7.25. The van der Waals surface area contributed by atoms with Crippen LogP contribution in [0.1, 0.15) is 23.6 Å². The van der Waals surface area contributed by atoms with E-state index in [4.69, 9.17) is 5.84 Å². The minimum Gasteiger partial charge on any atom is -0.305 e. The molecule has 6 heteroatoms. The van der Waals surface area contributed by atoms with E-state index in [0.717, 1.165) is 26.1 Å². The second-order valence-electron chi connectivity index (χ2n) is 5.91. The van der Waals surface area contributed by atoms with E-state index in [-0.39, 0.29) is 11.6 Å². The maximum Gasteiger partial charge on any atom is 0.163 e. The highest BCUT2D eigenvalue weighted by Gasteiger charge is 2.31. The van der Waals surface area contributed by atoms with Crippen molar-refractivity contribution in [3.8, 4) is 0 Å². The molecule has 2 atom stereocenters. The Morgan fingerprint density at radius 3 is 2.62 bits per heavy atom. The molecule has 0 radical (unpaired) electrons. The summed E-state index contributed by atoms with van der Waals surface area (Å²) >= 11 is 0. The summed E-state index contributed by atoms with van der Waals surface area (Å²) in [7, 11) is 4.03. The highest BCUT2D eigenvalue weighted by Crippen LogP contribution is 2.27. The summed E-state index contributed by atoms with van der Waals surface area (Å²) in [6, 6.07) is 2.75. The van der Waals surface area contributed by atoms with E-state index in [0.29, 0.717) is 5.56 Å². The van der Waals surface area contributed by atoms with Crippen LogP contribution in [0.2, 0.25) is 0 Å². The molecular formula is C15H24F2N4. The van der Waals surface area contributed by atoms with Gasteiger partial charge in [0.15, 0.2) is 11.6 Å². The van der Waals surface area contributed by atoms with Gasteiger partial charge in [-0.3, -0.25) is 11.3 Å². The average molecular weight is 298 g/mol. The largest absolute Gasteiger partial charge is 0.305 e. The third-order valence-electron chi connectivity index (χ3n) is 4.32. The van der Waals surface area contributed by atoms with Crippen molar-refractivity contribution < 1.29 is 8.78 Å². The standard InChI is InChI=1S/C15H24F2N4/c1-10-5-6-11(14(17)13(10)16)15(19-18)12-9-20(2)7-4-8-21(12)3/h5-6,12,15,19H,4,7-9,18H2,1-3H3. The zero-order valence-corrected chi connectivity index (χ0v) is 12.9. The molecule has 1 saturated heterocycles. The Hall–Kier alpha value is -1.08. The van der Waals surface area contributed by atoms with Gasteiger partial charge in [0.1, 0.15) is 0 Å². The molecule has 0 aromatic heterocycles. The predicted molar refractivity (Wildman–Crippen MR) is 79.7 cm³/mol. The van der Waals surface area contributed by atoms with Gasteiger partial charge >= 0.3 is 0 Å². The topological polar surface area (TPSA) is 44.5 Å². The van der Waals surface area contributed by atoms with Gasteiger partial charge in [-0.1, -0.05) is 12.1 Å². The van der Waals surface area contributed by atoms with E-state index in [2.05, 4.69) is 15.2 Å². The molecule has 2 unspecified atom stereocenters. The number of nitrogens with one attached hydrogen (secondary N) is 1. The summed E-state index contributed by atoms with van der Waals surface area (Å²) in [4.78, 5) is 4.35. The molecule has 0 amide bonds. The monoisotopic (exact) mass is 298 g/mol. The third kappa shape index (κ3) is 3.40. The van der Waals surface area contributed by atoms with E-state index >= 15 is 0 Å². The number of benzene rings is 1. The van der Waals surface area contributed by atoms with Gasteiger partial charge in [-0.25, -0.2) is 8.78 Å². The Bertz CT molecular complexity index is 495. The molecule has 1 aromatic rings. The lowest BCUT2D eigenvalue weighted by Crippen LogP contribution is -2.49. The first-order valence-electron chi connectivity index (χ1n) is 7.25. The molecule has 0 bridgehead atoms. The van der Waals surface area contributed by atoms with E-state index in [1.54, 1.807) is 19.1 Å². The lowest BCUT2D eigenvalue weighted by molar-refractivity contribution is 0.176. The lowest BCUT2D eigenvalue weighted by atomic mass is 9.96. The molecule has 1 aliphatic heterocycles. The maximum atomic E-state index is 14.3. The van der Waals surface area contributed by atoms with Gasteiger partial charge in [0.25, 0.3) is 0 Å². The molecule has 4 nitrogen and oxygen atoms in total. The summed E-state index contributed by atoms with van der Waals surface area (Å²) in [5.74, 6) is 4.07. The first kappa shape index (κ1) is 16.3. The van der Waals surface area contributed by atoms with E-state index in [1.807, 2.05) is 14.1 Å². The fraction of sp³-hybridized carbons (Fsp3) is 0.600. The Morgan fingerprint density at radius 2 is 1.95 bits per heavy atom. The molecule has 118 valence electrons. The predicted octanol–water partition coefficient (Wildman–Crippen LogP) is 1.41. The molecule has 21 heavy (non-hydrogen) atoms. The van der Waals surface area contributed by atoms with Crippen molar-refractivity contribution in [3.63, 3.8) is 0 Å². The van der Waals surface area contributed by atoms with Crippen molar-refractivity contribution in [1.29, 1.82) is 0 Å². The number of halogens is 2. The molecule has 1 aliphatic rings. The van der Waals surface area contributed by atoms with Gasteiger partial charge in [0.05, 0.1) is 6.04 Å². The Labute approximate surface area is 124 Å². The van der Waals surface area contributed by atoms with E-state index in [9.17, 15) is 8.78 Å². The highest BCUT2D eigenvalue weighted by molar-refractivity contribution is 5.29. The third-order valence-corrected chi connectivity index (χ3v) is 4.32. The molecule has 0 aliphatic carbocycles. The molecule has 1 aromatic carbocycles. The molecule has 1 heterocycles. The number of likely N-dealkylation sites (N-methyl/N-ethyl adjacent to an activating group) is 2. The van der Waals surface area contributed by atoms with Gasteiger partial charge in [-0.2, -0.15) is 0 Å². The van der Waals surface area contributed by atoms with Gasteiger partial charge in [0, 0.05) is 18.2 Å². The number of hydrazine groups is 1. The summed E-state index contributed by atoms with van der Waals surface area (Å²) in [6.07, 6.45) is 1.05. The van der Waals surface area contributed by atoms with Crippen LogP contribution >= 0.6 is 0 Å². The van der Waals surface area contributed by atoms with Gasteiger partial charge in [-0.05, 0) is 46.1 Å². The lowest BCUT2D eigenvalue weighted by Gasteiger charge is -2.34. The van der Waals surface area contributed by atoms with Crippen LogP contribution in [0.3, 0.4) is 0 Å². The molecular weight excluding hydrogens is 274 g/mol. The molecule has 1 fully saturated rings. The Morgan fingerprint density at radius 1 is 1.24 bits per heavy atom. The summed E-state index contributed by atoms with van der Waals surface area (Å²) in [5.41, 5.74) is 3.27. The molecule has 0 saturated carbocycles. The van der Waals surface area contributed by atoms with E-state index < -0.39 is 17.7 Å². The average Bonchev–Trinajstić information content (AvgIpc) is 2.61. The molecule has 3 N–H and O–H groups in total. The van der Waals surface area contributed by atoms with Crippen molar-refractivity contribution in [2.24, 2.45) is 5.84 Å². The number of rotatable bonds is 3. The maximum absolute atomic E-state index is 14.3. The minimum atomic E-state index is -0.807. The molecule has 2 rings (SSSR count). The summed E-state index contributed by atoms with van der Waals surface area (Å²) in [5, 5.41) is 0. The van der Waals surface area contributed by atoms with Crippen LogP contribution in [0.4, 0.5) is 8.78 Å². The van der Waals surface area contributed by atoms with E-state index in [1.165, 1.54) is 0 Å². The van der Waals surface area contributed by atoms with Gasteiger partial charge in [0.2, 0.25) is 0 Å². The van der Waals surface area contributed by atoms with Crippen molar-refractivity contribution in [2.75, 3.05) is 33.7 Å². The SMILES string of the molecule is Cc1ccc(C(NN)C2CN(C)CCCN2C)c(F)c1F. The number of hydrogen-bond acceptors (Lipinski definition) is 4. The normalized spacial score (nSPS) is 23.0. The van der Waals surface area contributed by atoms with Crippen molar-refractivity contribution in [3.05, 3.63) is 34.9 Å². The van der Waals surface area contributed by atoms with Gasteiger partial charge < -0.3 is 9.80 Å². The van der Waals surface area contributed by atoms with Crippen LogP contribution < -0.4 is 11.3 Å². The van der Waals surface area contributed by atoms with Crippen LogP contribution in [0.25, 0.3) is 0 Å². The van der Waals surface area contributed by atoms with Crippen molar-refractivity contribution in [1.82, 2.24) is 15.2 Å². The van der Waals surface area contributed by atoms with Crippen molar-refractivity contribution in [2.45, 2.75) is 25.4 Å². The summed E-state index contributed by atoms with van der Waals surface area (Å²) < 4.78 is 28.1. The van der Waals surface area contributed by atoms with Crippen LogP contribution in [0, 0.1) is 18.6 Å². The zero-order valence-electron chi connectivity index (χ0n) is 12.9. The quantitative estimate of drug-likeness (QED) is 0.654. The summed E-state index contributed by atoms with van der Waals surface area (Å²) in [6.45, 7) is 4.20. The van der Waals surface area contributed by atoms with Crippen LogP contribution in [-0.2, 0) is 0 Å². The van der Waals surface area contributed by atoms with Crippen LogP contribution in [0.15, 0.2) is 12.1 Å². The number of aryl methyl sites for hydroxylation is 1. The fourth-order valence-electron chi connectivity index (χ4n) is 2.97. The molecule has 0 spiro atoms. The zero-order chi connectivity index (χ0) is 15.6. The Kier molecular flexibility index (Phi) is 5.27. The first-order chi connectivity index (χ1) is 9.95. The van der Waals surface area contributed by atoms with Crippen LogP contribution in [-0.4, -0.2) is 49.6 Å². The Balaban J connectivity index is 2.36. The second kappa shape index (κ2) is 6.79. The van der Waals surface area contributed by atoms with Crippen molar-refractivity contribution >= 4 is 0 Å². The smallest absolute Gasteiger partial charge is 0.163 e. The number of nitrogens with zero attached hydrogens (tertiary/aromatic N) is 2. The van der Waals surface area contributed by atoms with Crippen LogP contribution in [0.5, 0.6) is 0 Å². The highest BCUT2D eigenvalue weighted by atomic mass is 19.2. The number of nitrogens with two attached hydrogens (primary N) is 1. The second-order valence-corrected chi connectivity index (χ2v) is 5.91. The van der Waals surface area contributed by atoms with Gasteiger partial charge in [-0.15, -0.1) is 0 Å². The minimum absolute atomic E-state index is 0.0147.